The highest BCUT2D eigenvalue weighted by atomic mass is 16.6. The summed E-state index contributed by atoms with van der Waals surface area (Å²) in [6.07, 6.45) is 1.15. The normalized spacial score (nSPS) is 8.00. The van der Waals surface area contributed by atoms with Gasteiger partial charge in [-0.2, -0.15) is 0 Å². The number of rotatable bonds is 2. The lowest BCUT2D eigenvalue weighted by molar-refractivity contribution is -0.385. The summed E-state index contributed by atoms with van der Waals surface area (Å²) in [6, 6.07) is 1.40. The number of pyridine rings is 1. The Bertz CT molecular complexity index is 318. The number of nitro groups is 1. The van der Waals surface area contributed by atoms with Crippen LogP contribution in [0, 0.1) is 17.0 Å². The van der Waals surface area contributed by atoms with Gasteiger partial charge in [0.15, 0.2) is 0 Å². The molecule has 9 N–H and O–H groups in total. The van der Waals surface area contributed by atoms with E-state index in [1.54, 1.807) is 6.92 Å². The van der Waals surface area contributed by atoms with Gasteiger partial charge in [-0.25, -0.2) is 10.8 Å². The van der Waals surface area contributed by atoms with E-state index >= 15 is 0 Å². The van der Waals surface area contributed by atoms with Crippen LogP contribution in [0.5, 0.6) is 0 Å². The molecule has 0 saturated heterocycles. The van der Waals surface area contributed by atoms with Crippen LogP contribution in [-0.2, 0) is 0 Å². The Morgan fingerprint density at radius 1 is 1.53 bits per heavy atom. The zero-order chi connectivity index (χ0) is 11.1. The maximum absolute atomic E-state index is 10.3. The first-order valence-electron chi connectivity index (χ1n) is 3.56. The Morgan fingerprint density at radius 3 is 2.40 bits per heavy atom. The smallest absolute Gasteiger partial charge is 0.287 e. The lowest BCUT2D eigenvalue weighted by Gasteiger charge is -2.01. The molecule has 1 aromatic heterocycles. The average molecular weight is 218 g/mol. The molecule has 0 radical (unpaired) electrons. The molecule has 1 rings (SSSR count). The molecule has 9 nitrogen and oxygen atoms in total. The van der Waals surface area contributed by atoms with E-state index in [4.69, 9.17) is 5.84 Å². The van der Waals surface area contributed by atoms with Crippen LogP contribution in [0.3, 0.4) is 0 Å². The summed E-state index contributed by atoms with van der Waals surface area (Å²) in [4.78, 5) is 13.5. The molecule has 0 bridgehead atoms. The van der Waals surface area contributed by atoms with Gasteiger partial charge in [-0.15, -0.1) is 0 Å². The third kappa shape index (κ3) is 4.28. The Hall–Kier alpha value is -1.81. The number of nitrogen functional groups attached to an aromatic ring is 1. The van der Waals surface area contributed by atoms with E-state index in [9.17, 15) is 10.1 Å². The number of nitrogens with two attached hydrogens (primary N) is 3. The van der Waals surface area contributed by atoms with E-state index in [0.29, 0.717) is 11.4 Å². The van der Waals surface area contributed by atoms with Gasteiger partial charge in [0.1, 0.15) is 12.0 Å². The van der Waals surface area contributed by atoms with Crippen molar-refractivity contribution >= 4 is 11.5 Å². The molecule has 0 aliphatic carbocycles. The fourth-order valence-electron chi connectivity index (χ4n) is 0.811. The largest absolute Gasteiger partial charge is 0.412 e. The Balaban J connectivity index is 0. The van der Waals surface area contributed by atoms with Gasteiger partial charge in [-0.3, -0.25) is 21.8 Å². The molecule has 0 aliphatic rings. The van der Waals surface area contributed by atoms with Gasteiger partial charge in [0.25, 0.3) is 5.69 Å². The monoisotopic (exact) mass is 218 g/mol. The van der Waals surface area contributed by atoms with Crippen LogP contribution in [0.15, 0.2) is 12.3 Å². The van der Waals surface area contributed by atoms with Crippen molar-refractivity contribution in [1.82, 2.24) is 4.98 Å². The van der Waals surface area contributed by atoms with Crippen LogP contribution in [0.25, 0.3) is 0 Å². The first-order chi connectivity index (χ1) is 6.65. The SMILES string of the molecule is Cc1cc([N+](=O)[O-])cnc1NN.NN.O. The van der Waals surface area contributed by atoms with Crippen molar-refractivity contribution in [2.45, 2.75) is 6.92 Å². The first-order valence-corrected chi connectivity index (χ1v) is 3.56. The number of nitrogens with zero attached hydrogens (tertiary/aromatic N) is 2. The van der Waals surface area contributed by atoms with Crippen LogP contribution in [0.4, 0.5) is 11.5 Å². The van der Waals surface area contributed by atoms with Gasteiger partial charge in [0.2, 0.25) is 0 Å². The third-order valence-electron chi connectivity index (χ3n) is 1.41. The molecule has 0 aliphatic heterocycles. The third-order valence-corrected chi connectivity index (χ3v) is 1.41. The predicted octanol–water partition coefficient (Wildman–Crippen LogP) is -1.42. The average Bonchev–Trinajstić information content (AvgIpc) is 2.20. The van der Waals surface area contributed by atoms with Crippen molar-refractivity contribution in [3.63, 3.8) is 0 Å². The standard InChI is InChI=1S/C6H8N4O2.H4N2.H2O/c1-4-2-5(10(11)12)3-8-6(4)9-7;1-2;/h2-3H,7H2,1H3,(H,8,9);1-2H2;1H2. The number of aromatic nitrogens is 1. The van der Waals surface area contributed by atoms with Gasteiger partial charge in [-0.05, 0) is 12.5 Å². The quantitative estimate of drug-likeness (QED) is 0.267. The Labute approximate surface area is 85.7 Å². The van der Waals surface area contributed by atoms with Crippen LogP contribution in [0.1, 0.15) is 5.56 Å². The lowest BCUT2D eigenvalue weighted by atomic mass is 10.3. The highest BCUT2D eigenvalue weighted by Crippen LogP contribution is 2.16. The molecule has 86 valence electrons. The minimum absolute atomic E-state index is 0. The minimum atomic E-state index is -0.500. The first kappa shape index (κ1) is 15.7. The van der Waals surface area contributed by atoms with E-state index in [-0.39, 0.29) is 11.2 Å². The van der Waals surface area contributed by atoms with Crippen molar-refractivity contribution in [3.8, 4) is 0 Å². The second-order valence-electron chi connectivity index (χ2n) is 2.26. The number of aryl methyl sites for hydroxylation is 1. The zero-order valence-electron chi connectivity index (χ0n) is 8.10. The summed E-state index contributed by atoms with van der Waals surface area (Å²) in [5.74, 6) is 13.5. The molecular weight excluding hydrogens is 204 g/mol. The van der Waals surface area contributed by atoms with E-state index < -0.39 is 4.92 Å². The molecule has 1 aromatic rings. The summed E-state index contributed by atoms with van der Waals surface area (Å²) in [6.45, 7) is 1.69. The molecule has 0 atom stereocenters. The van der Waals surface area contributed by atoms with Crippen molar-refractivity contribution in [3.05, 3.63) is 27.9 Å². The second kappa shape index (κ2) is 7.58. The van der Waals surface area contributed by atoms with Crippen molar-refractivity contribution in [1.29, 1.82) is 0 Å². The summed E-state index contributed by atoms with van der Waals surface area (Å²) in [7, 11) is 0. The van der Waals surface area contributed by atoms with Crippen molar-refractivity contribution in [2.24, 2.45) is 17.5 Å². The molecule has 0 spiro atoms. The maximum Gasteiger partial charge on any atom is 0.287 e. The fraction of sp³-hybridized carbons (Fsp3) is 0.167. The number of nitrogens with one attached hydrogen (secondary N) is 1. The fourth-order valence-corrected chi connectivity index (χ4v) is 0.811. The van der Waals surface area contributed by atoms with E-state index in [0.717, 1.165) is 6.20 Å². The molecule has 0 amide bonds. The minimum Gasteiger partial charge on any atom is -0.412 e. The van der Waals surface area contributed by atoms with E-state index in [1.165, 1.54) is 6.07 Å². The van der Waals surface area contributed by atoms with Crippen molar-refractivity contribution in [2.75, 3.05) is 5.43 Å². The summed E-state index contributed by atoms with van der Waals surface area (Å²) in [5, 5.41) is 10.3. The molecule has 0 aromatic carbocycles. The number of anilines is 1. The van der Waals surface area contributed by atoms with Gasteiger partial charge in [-0.1, -0.05) is 0 Å². The van der Waals surface area contributed by atoms with Crippen LogP contribution < -0.4 is 23.0 Å². The zero-order valence-corrected chi connectivity index (χ0v) is 8.10. The molecule has 1 heterocycles. The molecule has 0 saturated carbocycles. The van der Waals surface area contributed by atoms with Gasteiger partial charge >= 0.3 is 0 Å². The Morgan fingerprint density at radius 2 is 2.07 bits per heavy atom. The second-order valence-corrected chi connectivity index (χ2v) is 2.26. The number of hydrazine groups is 2. The molecule has 0 fully saturated rings. The van der Waals surface area contributed by atoms with Gasteiger partial charge in [0.05, 0.1) is 4.92 Å². The van der Waals surface area contributed by atoms with E-state index in [1.807, 2.05) is 0 Å². The Kier molecular flexibility index (Phi) is 7.91. The molecule has 15 heavy (non-hydrogen) atoms. The maximum atomic E-state index is 10.3. The molecule has 9 heteroatoms. The highest BCUT2D eigenvalue weighted by molar-refractivity contribution is 5.47. The van der Waals surface area contributed by atoms with Crippen molar-refractivity contribution < 1.29 is 10.4 Å². The lowest BCUT2D eigenvalue weighted by Crippen LogP contribution is -2.10. The van der Waals surface area contributed by atoms with Crippen LogP contribution in [-0.4, -0.2) is 15.4 Å². The summed E-state index contributed by atoms with van der Waals surface area (Å²) >= 11 is 0. The predicted molar refractivity (Wildman–Crippen MR) is 55.4 cm³/mol. The molecular formula is C6H14N6O3. The number of hydrogen-bond donors (Lipinski definition) is 4. The molecule has 0 unspecified atom stereocenters. The van der Waals surface area contributed by atoms with Crippen LogP contribution in [0.2, 0.25) is 0 Å². The van der Waals surface area contributed by atoms with Crippen LogP contribution >= 0.6 is 0 Å². The topological polar surface area (TPSA) is 178 Å². The summed E-state index contributed by atoms with van der Waals surface area (Å²) < 4.78 is 0. The highest BCUT2D eigenvalue weighted by Gasteiger charge is 2.07. The van der Waals surface area contributed by atoms with E-state index in [2.05, 4.69) is 22.1 Å². The van der Waals surface area contributed by atoms with Gasteiger partial charge < -0.3 is 10.9 Å². The summed E-state index contributed by atoms with van der Waals surface area (Å²) in [5.41, 5.74) is 2.94. The van der Waals surface area contributed by atoms with Gasteiger partial charge in [0, 0.05) is 6.07 Å². The number of hydrogen-bond acceptors (Lipinski definition) is 7.